The predicted molar refractivity (Wildman–Crippen MR) is 77.0 cm³/mol. The average molecular weight is 291 g/mol. The molecule has 0 amide bonds. The summed E-state index contributed by atoms with van der Waals surface area (Å²) in [5, 5.41) is 1.36. The van der Waals surface area contributed by atoms with Crippen LogP contribution >= 0.6 is 23.2 Å². The molecule has 2 atom stereocenters. The highest BCUT2D eigenvalue weighted by molar-refractivity contribution is 6.33. The molecular weight excluding hydrogens is 271 g/mol. The van der Waals surface area contributed by atoms with Crippen molar-refractivity contribution in [1.29, 1.82) is 0 Å². The minimum Gasteiger partial charge on any atom is -0.377 e. The van der Waals surface area contributed by atoms with E-state index in [1.807, 2.05) is 13.0 Å². The van der Waals surface area contributed by atoms with Crippen molar-refractivity contribution in [3.63, 3.8) is 0 Å². The summed E-state index contributed by atoms with van der Waals surface area (Å²) in [7, 11) is 1.69. The summed E-state index contributed by atoms with van der Waals surface area (Å²) in [6, 6.07) is 5.39. The van der Waals surface area contributed by atoms with Crippen LogP contribution in [0.5, 0.6) is 0 Å². The minimum absolute atomic E-state index is 0.0385. The van der Waals surface area contributed by atoms with Gasteiger partial charge in [-0.05, 0) is 43.5 Å². The van der Waals surface area contributed by atoms with Crippen molar-refractivity contribution in [1.82, 2.24) is 5.43 Å². The molecular formula is C13H20Cl2N2O. The van der Waals surface area contributed by atoms with Crippen LogP contribution in [0.15, 0.2) is 18.2 Å². The van der Waals surface area contributed by atoms with Crippen molar-refractivity contribution < 1.29 is 4.74 Å². The van der Waals surface area contributed by atoms with Crippen LogP contribution in [0.2, 0.25) is 10.0 Å². The summed E-state index contributed by atoms with van der Waals surface area (Å²) in [4.78, 5) is 0. The molecule has 0 saturated carbocycles. The van der Waals surface area contributed by atoms with E-state index in [-0.39, 0.29) is 11.6 Å². The molecule has 3 N–H and O–H groups in total. The Morgan fingerprint density at radius 1 is 1.44 bits per heavy atom. The highest BCUT2D eigenvalue weighted by Gasteiger charge is 2.32. The van der Waals surface area contributed by atoms with E-state index in [2.05, 4.69) is 12.3 Å². The van der Waals surface area contributed by atoms with Crippen LogP contribution < -0.4 is 11.3 Å². The zero-order valence-corrected chi connectivity index (χ0v) is 12.5. The second-order valence-electron chi connectivity index (χ2n) is 4.53. The molecule has 102 valence electrons. The summed E-state index contributed by atoms with van der Waals surface area (Å²) >= 11 is 12.1. The van der Waals surface area contributed by atoms with Gasteiger partial charge in [-0.2, -0.15) is 0 Å². The zero-order valence-electron chi connectivity index (χ0n) is 11.0. The first-order valence-corrected chi connectivity index (χ1v) is 6.67. The maximum Gasteiger partial charge on any atom is 0.0817 e. The van der Waals surface area contributed by atoms with Crippen LogP contribution in [-0.2, 0) is 11.2 Å². The fourth-order valence-corrected chi connectivity index (χ4v) is 2.29. The first-order chi connectivity index (χ1) is 8.46. The summed E-state index contributed by atoms with van der Waals surface area (Å²) < 4.78 is 5.56. The van der Waals surface area contributed by atoms with E-state index in [1.54, 1.807) is 19.2 Å². The molecule has 0 aliphatic carbocycles. The number of rotatable bonds is 6. The van der Waals surface area contributed by atoms with Gasteiger partial charge in [0.2, 0.25) is 0 Å². The Morgan fingerprint density at radius 2 is 2.11 bits per heavy atom. The molecule has 0 bridgehead atoms. The molecule has 18 heavy (non-hydrogen) atoms. The van der Waals surface area contributed by atoms with E-state index >= 15 is 0 Å². The van der Waals surface area contributed by atoms with Crippen molar-refractivity contribution in [2.75, 3.05) is 7.11 Å². The summed E-state index contributed by atoms with van der Waals surface area (Å²) in [6.45, 7) is 4.09. The van der Waals surface area contributed by atoms with Crippen LogP contribution in [0.25, 0.3) is 0 Å². The number of nitrogens with one attached hydrogen (secondary N) is 1. The van der Waals surface area contributed by atoms with Crippen molar-refractivity contribution in [2.45, 2.75) is 38.3 Å². The van der Waals surface area contributed by atoms with Crippen LogP contribution in [0.3, 0.4) is 0 Å². The number of hydrogen-bond donors (Lipinski definition) is 2. The molecule has 2 unspecified atom stereocenters. The van der Waals surface area contributed by atoms with Crippen LogP contribution in [-0.4, -0.2) is 18.8 Å². The van der Waals surface area contributed by atoms with E-state index < -0.39 is 0 Å². The monoisotopic (exact) mass is 290 g/mol. The van der Waals surface area contributed by atoms with Gasteiger partial charge in [0.1, 0.15) is 0 Å². The van der Waals surface area contributed by atoms with Gasteiger partial charge in [0.25, 0.3) is 0 Å². The van der Waals surface area contributed by atoms with E-state index in [0.717, 1.165) is 12.0 Å². The van der Waals surface area contributed by atoms with Gasteiger partial charge in [0, 0.05) is 17.2 Å². The summed E-state index contributed by atoms with van der Waals surface area (Å²) in [6.07, 6.45) is 1.50. The predicted octanol–water partition coefficient (Wildman–Crippen LogP) is 3.18. The molecule has 5 heteroatoms. The molecule has 1 rings (SSSR count). The summed E-state index contributed by atoms with van der Waals surface area (Å²) in [5.74, 6) is 5.64. The van der Waals surface area contributed by atoms with Crippen LogP contribution in [0, 0.1) is 0 Å². The lowest BCUT2D eigenvalue weighted by molar-refractivity contribution is -0.0288. The lowest BCUT2D eigenvalue weighted by Gasteiger charge is -2.35. The Bertz CT molecular complexity index is 395. The second kappa shape index (κ2) is 6.73. The second-order valence-corrected chi connectivity index (χ2v) is 5.37. The molecule has 0 saturated heterocycles. The number of nitrogens with two attached hydrogens (primary N) is 1. The van der Waals surface area contributed by atoms with Crippen molar-refractivity contribution in [3.05, 3.63) is 33.8 Å². The van der Waals surface area contributed by atoms with Gasteiger partial charge in [0.15, 0.2) is 0 Å². The molecule has 0 heterocycles. The minimum atomic E-state index is -0.347. The average Bonchev–Trinajstić information content (AvgIpc) is 2.38. The number of benzene rings is 1. The number of hydrogen-bond acceptors (Lipinski definition) is 3. The number of ether oxygens (including phenoxy) is 1. The Labute approximate surface area is 119 Å². The smallest absolute Gasteiger partial charge is 0.0817 e. The third-order valence-electron chi connectivity index (χ3n) is 3.54. The molecule has 0 aliphatic heterocycles. The molecule has 0 radical (unpaired) electrons. The van der Waals surface area contributed by atoms with Crippen molar-refractivity contribution in [3.8, 4) is 0 Å². The normalized spacial score (nSPS) is 16.3. The number of hydrazine groups is 1. The highest BCUT2D eigenvalue weighted by atomic mass is 35.5. The van der Waals surface area contributed by atoms with Crippen molar-refractivity contribution in [2.24, 2.45) is 5.84 Å². The molecule has 1 aromatic carbocycles. The van der Waals surface area contributed by atoms with E-state index in [4.69, 9.17) is 33.8 Å². The van der Waals surface area contributed by atoms with Gasteiger partial charge < -0.3 is 4.74 Å². The van der Waals surface area contributed by atoms with Crippen molar-refractivity contribution >= 4 is 23.2 Å². The van der Waals surface area contributed by atoms with Gasteiger partial charge in [-0.3, -0.25) is 11.3 Å². The Kier molecular flexibility index (Phi) is 5.89. The third-order valence-corrected chi connectivity index (χ3v) is 4.14. The van der Waals surface area contributed by atoms with Gasteiger partial charge >= 0.3 is 0 Å². The Hall–Kier alpha value is -0.320. The molecule has 1 aromatic rings. The van der Waals surface area contributed by atoms with E-state index in [9.17, 15) is 0 Å². The maximum atomic E-state index is 6.17. The fourth-order valence-electron chi connectivity index (χ4n) is 1.90. The van der Waals surface area contributed by atoms with Crippen LogP contribution in [0.4, 0.5) is 0 Å². The quantitative estimate of drug-likeness (QED) is 0.625. The Balaban J connectivity index is 2.95. The fraction of sp³-hybridized carbons (Fsp3) is 0.538. The lowest BCUT2D eigenvalue weighted by atomic mass is 9.88. The molecule has 0 spiro atoms. The van der Waals surface area contributed by atoms with Gasteiger partial charge in [0.05, 0.1) is 11.6 Å². The largest absolute Gasteiger partial charge is 0.377 e. The Morgan fingerprint density at radius 3 is 2.61 bits per heavy atom. The maximum absolute atomic E-state index is 6.17. The zero-order chi connectivity index (χ0) is 13.8. The van der Waals surface area contributed by atoms with E-state index in [0.29, 0.717) is 16.5 Å². The topological polar surface area (TPSA) is 47.3 Å². The molecule has 0 aromatic heterocycles. The summed E-state index contributed by atoms with van der Waals surface area (Å²) in [5.41, 5.74) is 3.43. The molecule has 0 aliphatic rings. The standard InChI is InChI=1S/C13H20Cl2N2O/c1-4-13(2,18-3)12(17-16)8-9-7-10(14)5-6-11(9)15/h5-7,12,17H,4,8,16H2,1-3H3. The molecule has 3 nitrogen and oxygen atoms in total. The first kappa shape index (κ1) is 15.7. The highest BCUT2D eigenvalue weighted by Crippen LogP contribution is 2.26. The number of halogens is 2. The van der Waals surface area contributed by atoms with Crippen LogP contribution in [0.1, 0.15) is 25.8 Å². The SMILES string of the molecule is CCC(C)(OC)C(Cc1cc(Cl)ccc1Cl)NN. The van der Waals surface area contributed by atoms with Gasteiger partial charge in [-0.15, -0.1) is 0 Å². The lowest BCUT2D eigenvalue weighted by Crippen LogP contribution is -2.53. The first-order valence-electron chi connectivity index (χ1n) is 5.92. The molecule has 0 fully saturated rings. The van der Waals surface area contributed by atoms with E-state index in [1.165, 1.54) is 0 Å². The third kappa shape index (κ3) is 3.59. The van der Waals surface area contributed by atoms with Gasteiger partial charge in [-0.25, -0.2) is 0 Å². The van der Waals surface area contributed by atoms with Gasteiger partial charge in [-0.1, -0.05) is 30.1 Å². The number of methoxy groups -OCH3 is 1.